The molecule has 0 aromatic heterocycles. The first-order valence-corrected chi connectivity index (χ1v) is 7.23. The van der Waals surface area contributed by atoms with Gasteiger partial charge in [-0.2, -0.15) is 0 Å². The molecule has 0 amide bonds. The van der Waals surface area contributed by atoms with E-state index in [0.717, 1.165) is 28.5 Å². The molecule has 4 nitrogen and oxygen atoms in total. The van der Waals surface area contributed by atoms with E-state index in [1.54, 1.807) is 6.92 Å². The fraction of sp³-hybridized carbons (Fsp3) is 0.353. The molecule has 2 rings (SSSR count). The Morgan fingerprint density at radius 2 is 2.05 bits per heavy atom. The van der Waals surface area contributed by atoms with Crippen molar-refractivity contribution in [1.82, 2.24) is 5.32 Å². The van der Waals surface area contributed by atoms with E-state index >= 15 is 0 Å². The van der Waals surface area contributed by atoms with E-state index in [0.29, 0.717) is 13.2 Å². The van der Waals surface area contributed by atoms with Crippen LogP contribution in [0, 0.1) is 0 Å². The maximum atomic E-state index is 10.9. The Morgan fingerprint density at radius 1 is 1.29 bits per heavy atom. The number of benzene rings is 2. The lowest BCUT2D eigenvalue weighted by molar-refractivity contribution is -0.139. The molecule has 0 unspecified atom stereocenters. The lowest BCUT2D eigenvalue weighted by atomic mass is 10.0. The summed E-state index contributed by atoms with van der Waals surface area (Å²) in [7, 11) is 0. The van der Waals surface area contributed by atoms with Crippen LogP contribution in [0.25, 0.3) is 10.8 Å². The molecule has 0 heterocycles. The lowest BCUT2D eigenvalue weighted by Crippen LogP contribution is -2.33. The van der Waals surface area contributed by atoms with Gasteiger partial charge in [-0.05, 0) is 30.2 Å². The van der Waals surface area contributed by atoms with E-state index in [9.17, 15) is 4.79 Å². The monoisotopic (exact) mass is 287 g/mol. The first-order chi connectivity index (χ1) is 10.1. The molecule has 0 aliphatic rings. The van der Waals surface area contributed by atoms with Crippen LogP contribution in [0.2, 0.25) is 0 Å². The summed E-state index contributed by atoms with van der Waals surface area (Å²) < 4.78 is 5.80. The number of fused-ring (bicyclic) bond motifs is 1. The summed E-state index contributed by atoms with van der Waals surface area (Å²) in [4.78, 5) is 10.9. The third-order valence-electron chi connectivity index (χ3n) is 3.41. The van der Waals surface area contributed by atoms with Gasteiger partial charge in [-0.3, -0.25) is 4.79 Å². The largest absolute Gasteiger partial charge is 0.493 e. The number of hydrogen-bond donors (Lipinski definition) is 2. The van der Waals surface area contributed by atoms with Gasteiger partial charge in [0.25, 0.3) is 0 Å². The molecule has 0 aliphatic carbocycles. The molecule has 0 radical (unpaired) electrons. The van der Waals surface area contributed by atoms with Crippen LogP contribution in [0.1, 0.15) is 25.8 Å². The zero-order valence-corrected chi connectivity index (χ0v) is 12.4. The number of aliphatic carboxylic acids is 1. The van der Waals surface area contributed by atoms with E-state index in [1.165, 1.54) is 0 Å². The summed E-state index contributed by atoms with van der Waals surface area (Å²) in [6.07, 6.45) is 0.936. The maximum absolute atomic E-state index is 10.9. The molecule has 0 aliphatic heterocycles. The average Bonchev–Trinajstić information content (AvgIpc) is 2.50. The van der Waals surface area contributed by atoms with Gasteiger partial charge in [-0.15, -0.1) is 0 Å². The Kier molecular flexibility index (Phi) is 5.17. The Balaban J connectivity index is 2.33. The van der Waals surface area contributed by atoms with Gasteiger partial charge >= 0.3 is 5.97 Å². The smallest absolute Gasteiger partial charge is 0.320 e. The van der Waals surface area contributed by atoms with Crippen molar-refractivity contribution in [1.29, 1.82) is 0 Å². The summed E-state index contributed by atoms with van der Waals surface area (Å²) in [6, 6.07) is 11.5. The second kappa shape index (κ2) is 7.09. The fourth-order valence-corrected chi connectivity index (χ4v) is 2.19. The van der Waals surface area contributed by atoms with E-state index in [1.807, 2.05) is 36.4 Å². The van der Waals surface area contributed by atoms with Gasteiger partial charge in [0.2, 0.25) is 0 Å². The van der Waals surface area contributed by atoms with Crippen LogP contribution in [-0.2, 0) is 11.3 Å². The van der Waals surface area contributed by atoms with Crippen LogP contribution in [0.3, 0.4) is 0 Å². The predicted octanol–water partition coefficient (Wildman–Crippen LogP) is 3.19. The molecule has 0 saturated heterocycles. The maximum Gasteiger partial charge on any atom is 0.320 e. The highest BCUT2D eigenvalue weighted by atomic mass is 16.5. The topological polar surface area (TPSA) is 58.6 Å². The van der Waals surface area contributed by atoms with Gasteiger partial charge in [0.15, 0.2) is 0 Å². The minimum absolute atomic E-state index is 0.466. The first kappa shape index (κ1) is 15.3. The summed E-state index contributed by atoms with van der Waals surface area (Å²) in [5.41, 5.74) is 1.01. The van der Waals surface area contributed by atoms with Crippen LogP contribution in [0.4, 0.5) is 0 Å². The van der Waals surface area contributed by atoms with Gasteiger partial charge < -0.3 is 15.2 Å². The van der Waals surface area contributed by atoms with Gasteiger partial charge in [-0.1, -0.05) is 37.3 Å². The van der Waals surface area contributed by atoms with Crippen molar-refractivity contribution < 1.29 is 14.6 Å². The van der Waals surface area contributed by atoms with Gasteiger partial charge in [0.05, 0.1) is 6.61 Å². The number of ether oxygens (including phenoxy) is 1. The molecule has 0 bridgehead atoms. The van der Waals surface area contributed by atoms with Crippen LogP contribution in [0.5, 0.6) is 5.75 Å². The minimum atomic E-state index is -0.855. The van der Waals surface area contributed by atoms with Crippen molar-refractivity contribution >= 4 is 16.7 Å². The van der Waals surface area contributed by atoms with Crippen LogP contribution >= 0.6 is 0 Å². The van der Waals surface area contributed by atoms with Crippen LogP contribution in [-0.4, -0.2) is 23.7 Å². The molecule has 0 spiro atoms. The molecule has 0 fully saturated rings. The number of carbonyl (C=O) groups is 1. The third-order valence-corrected chi connectivity index (χ3v) is 3.41. The van der Waals surface area contributed by atoms with E-state index < -0.39 is 12.0 Å². The number of carboxylic acids is 1. The molecular weight excluding hydrogens is 266 g/mol. The summed E-state index contributed by atoms with van der Waals surface area (Å²) >= 11 is 0. The Hall–Kier alpha value is -2.07. The number of nitrogens with one attached hydrogen (secondary N) is 1. The third kappa shape index (κ3) is 3.73. The molecular formula is C17H21NO3. The first-order valence-electron chi connectivity index (χ1n) is 7.23. The van der Waals surface area contributed by atoms with Gasteiger partial charge in [0, 0.05) is 12.1 Å². The average molecular weight is 287 g/mol. The summed E-state index contributed by atoms with van der Waals surface area (Å²) in [6.45, 7) is 4.82. The van der Waals surface area contributed by atoms with Crippen molar-refractivity contribution in [2.24, 2.45) is 0 Å². The van der Waals surface area contributed by atoms with Gasteiger partial charge in [-0.25, -0.2) is 0 Å². The Labute approximate surface area is 124 Å². The molecule has 21 heavy (non-hydrogen) atoms. The van der Waals surface area contributed by atoms with E-state index in [4.69, 9.17) is 9.84 Å². The molecule has 0 saturated carbocycles. The number of carboxylic acid groups (broad SMARTS) is 1. The fourth-order valence-electron chi connectivity index (χ4n) is 2.19. The van der Waals surface area contributed by atoms with Crippen molar-refractivity contribution in [2.75, 3.05) is 6.61 Å². The zero-order valence-electron chi connectivity index (χ0n) is 12.4. The SMILES string of the molecule is CCCOc1ccc2ccccc2c1CN[C@@H](C)C(=O)O. The predicted molar refractivity (Wildman–Crippen MR) is 83.7 cm³/mol. The summed E-state index contributed by atoms with van der Waals surface area (Å²) in [5.74, 6) is -0.0353. The molecule has 2 aromatic carbocycles. The highest BCUT2D eigenvalue weighted by Crippen LogP contribution is 2.28. The molecule has 2 N–H and O–H groups in total. The highest BCUT2D eigenvalue weighted by Gasteiger charge is 2.13. The van der Waals surface area contributed by atoms with Crippen LogP contribution in [0.15, 0.2) is 36.4 Å². The van der Waals surface area contributed by atoms with E-state index in [2.05, 4.69) is 12.2 Å². The highest BCUT2D eigenvalue weighted by molar-refractivity contribution is 5.87. The van der Waals surface area contributed by atoms with Crippen LogP contribution < -0.4 is 10.1 Å². The van der Waals surface area contributed by atoms with Crippen molar-refractivity contribution in [3.05, 3.63) is 42.0 Å². The standard InChI is InChI=1S/C17H21NO3/c1-3-10-21-16-9-8-13-6-4-5-7-14(13)15(16)11-18-12(2)17(19)20/h4-9,12,18H,3,10-11H2,1-2H3,(H,19,20)/t12-/m0/s1. The number of rotatable bonds is 7. The summed E-state index contributed by atoms with van der Waals surface area (Å²) in [5, 5.41) is 14.2. The second-order valence-corrected chi connectivity index (χ2v) is 5.05. The normalized spacial score (nSPS) is 12.3. The number of hydrogen-bond acceptors (Lipinski definition) is 3. The van der Waals surface area contributed by atoms with Gasteiger partial charge in [0.1, 0.15) is 11.8 Å². The zero-order chi connectivity index (χ0) is 15.2. The Morgan fingerprint density at radius 3 is 2.76 bits per heavy atom. The molecule has 112 valence electrons. The minimum Gasteiger partial charge on any atom is -0.493 e. The molecule has 1 atom stereocenters. The second-order valence-electron chi connectivity index (χ2n) is 5.05. The van der Waals surface area contributed by atoms with Crippen molar-refractivity contribution in [2.45, 2.75) is 32.9 Å². The Bertz CT molecular complexity index is 624. The van der Waals surface area contributed by atoms with E-state index in [-0.39, 0.29) is 0 Å². The van der Waals surface area contributed by atoms with Crippen molar-refractivity contribution in [3.8, 4) is 5.75 Å². The lowest BCUT2D eigenvalue weighted by Gasteiger charge is -2.16. The molecule has 2 aromatic rings. The quantitative estimate of drug-likeness (QED) is 0.821. The molecule has 4 heteroatoms. The van der Waals surface area contributed by atoms with Crippen molar-refractivity contribution in [3.63, 3.8) is 0 Å².